The SMILES string of the molecule is CN(C)CCOc1cc(OCCN(C)C)c2c(c1)OC1(c3ccc(Br)cc3)C(c3ccccc3)CC(O)C21O. The number of nitrogens with zero attached hydrogens (tertiary/aromatic N) is 2. The minimum Gasteiger partial charge on any atom is -0.492 e. The number of ether oxygens (including phenoxy) is 3. The lowest BCUT2D eigenvalue weighted by Crippen LogP contribution is -2.52. The van der Waals surface area contributed by atoms with Crippen LogP contribution in [-0.4, -0.2) is 80.6 Å². The molecule has 2 aliphatic rings. The second-order valence-electron chi connectivity index (χ2n) is 10.9. The molecule has 0 aromatic heterocycles. The van der Waals surface area contributed by atoms with Gasteiger partial charge in [0.05, 0.1) is 11.7 Å². The molecule has 3 aromatic rings. The Kier molecular flexibility index (Phi) is 7.95. The van der Waals surface area contributed by atoms with Gasteiger partial charge in [0.15, 0.2) is 11.2 Å². The van der Waals surface area contributed by atoms with E-state index < -0.39 is 17.3 Å². The van der Waals surface area contributed by atoms with E-state index in [2.05, 4.69) is 20.8 Å². The van der Waals surface area contributed by atoms with Crippen molar-refractivity contribution in [1.29, 1.82) is 0 Å². The summed E-state index contributed by atoms with van der Waals surface area (Å²) in [6.45, 7) is 2.32. The molecule has 1 aliphatic heterocycles. The van der Waals surface area contributed by atoms with Gasteiger partial charge < -0.3 is 34.2 Å². The summed E-state index contributed by atoms with van der Waals surface area (Å²) in [5.41, 5.74) is -0.801. The summed E-state index contributed by atoms with van der Waals surface area (Å²) in [6.07, 6.45) is -0.766. The summed E-state index contributed by atoms with van der Waals surface area (Å²) in [7, 11) is 7.95. The summed E-state index contributed by atoms with van der Waals surface area (Å²) in [4.78, 5) is 4.08. The van der Waals surface area contributed by atoms with Crippen molar-refractivity contribution in [3.8, 4) is 17.2 Å². The van der Waals surface area contributed by atoms with Crippen molar-refractivity contribution in [2.45, 2.75) is 29.6 Å². The van der Waals surface area contributed by atoms with Gasteiger partial charge in [-0.2, -0.15) is 0 Å². The van der Waals surface area contributed by atoms with Gasteiger partial charge in [-0.15, -0.1) is 0 Å². The zero-order valence-corrected chi connectivity index (χ0v) is 24.5. The largest absolute Gasteiger partial charge is 0.492 e. The number of aliphatic hydroxyl groups is 2. The van der Waals surface area contributed by atoms with Gasteiger partial charge in [-0.25, -0.2) is 0 Å². The summed E-state index contributed by atoms with van der Waals surface area (Å²) in [5, 5.41) is 24.4. The number of fused-ring (bicyclic) bond motifs is 3. The van der Waals surface area contributed by atoms with Crippen LogP contribution >= 0.6 is 15.9 Å². The van der Waals surface area contributed by atoms with E-state index in [1.54, 1.807) is 0 Å². The van der Waals surface area contributed by atoms with Crippen molar-refractivity contribution in [2.75, 3.05) is 54.5 Å². The average Bonchev–Trinajstić information content (AvgIpc) is 3.29. The summed E-state index contributed by atoms with van der Waals surface area (Å²) in [5.74, 6) is 1.20. The number of hydrogen-bond donors (Lipinski definition) is 2. The van der Waals surface area contributed by atoms with Crippen molar-refractivity contribution in [3.05, 3.63) is 87.9 Å². The highest BCUT2D eigenvalue weighted by atomic mass is 79.9. The van der Waals surface area contributed by atoms with Gasteiger partial charge in [0.1, 0.15) is 30.5 Å². The molecule has 208 valence electrons. The Morgan fingerprint density at radius 3 is 2.21 bits per heavy atom. The summed E-state index contributed by atoms with van der Waals surface area (Å²) in [6, 6.07) is 21.4. The molecule has 3 aromatic carbocycles. The molecular formula is C31H37BrN2O5. The minimum atomic E-state index is -1.76. The molecule has 1 aliphatic carbocycles. The van der Waals surface area contributed by atoms with Crippen LogP contribution in [0.15, 0.2) is 71.2 Å². The topological polar surface area (TPSA) is 74.6 Å². The van der Waals surface area contributed by atoms with Gasteiger partial charge in [-0.3, -0.25) is 0 Å². The number of aliphatic hydroxyl groups excluding tert-OH is 1. The van der Waals surface area contributed by atoms with E-state index in [-0.39, 0.29) is 5.92 Å². The smallest absolute Gasteiger partial charge is 0.176 e. The molecule has 0 bridgehead atoms. The first-order chi connectivity index (χ1) is 18.7. The first kappa shape index (κ1) is 27.9. The lowest BCUT2D eigenvalue weighted by Gasteiger charge is -2.40. The number of likely N-dealkylation sites (N-methyl/N-ethyl adjacent to an activating group) is 2. The molecule has 4 atom stereocenters. The molecule has 1 fully saturated rings. The second-order valence-corrected chi connectivity index (χ2v) is 11.8. The minimum absolute atomic E-state index is 0.319. The normalized spacial score (nSPS) is 25.5. The average molecular weight is 598 g/mol. The molecule has 7 nitrogen and oxygen atoms in total. The molecule has 4 unspecified atom stereocenters. The summed E-state index contributed by atoms with van der Waals surface area (Å²) < 4.78 is 20.2. The van der Waals surface area contributed by atoms with E-state index in [4.69, 9.17) is 14.2 Å². The Hall–Kier alpha value is -2.62. The van der Waals surface area contributed by atoms with Crippen LogP contribution in [0.1, 0.15) is 29.0 Å². The Morgan fingerprint density at radius 2 is 1.56 bits per heavy atom. The first-order valence-electron chi connectivity index (χ1n) is 13.3. The standard InChI is InChI=1S/C31H37BrN2O5/c1-33(2)14-16-37-24-18-26(38-17-15-34(3)4)29-27(19-24)39-31(22-10-12-23(32)13-11-22)25(20-28(35)30(29,31)36)21-8-6-5-7-9-21/h5-13,18-19,25,28,35-36H,14-17,20H2,1-4H3. The first-order valence-corrected chi connectivity index (χ1v) is 14.1. The van der Waals surface area contributed by atoms with Crippen LogP contribution in [0.4, 0.5) is 0 Å². The number of halogens is 1. The molecule has 0 spiro atoms. The number of benzene rings is 3. The third kappa shape index (κ3) is 4.93. The van der Waals surface area contributed by atoms with Crippen LogP contribution in [0.25, 0.3) is 0 Å². The van der Waals surface area contributed by atoms with Crippen molar-refractivity contribution in [2.24, 2.45) is 0 Å². The van der Waals surface area contributed by atoms with Crippen LogP contribution in [-0.2, 0) is 11.2 Å². The lowest BCUT2D eigenvalue weighted by atomic mass is 9.71. The third-order valence-electron chi connectivity index (χ3n) is 7.77. The van der Waals surface area contributed by atoms with E-state index >= 15 is 0 Å². The van der Waals surface area contributed by atoms with Gasteiger partial charge in [0.25, 0.3) is 0 Å². The highest BCUT2D eigenvalue weighted by molar-refractivity contribution is 9.10. The Bertz CT molecular complexity index is 1290. The molecule has 8 heteroatoms. The molecule has 0 saturated heterocycles. The van der Waals surface area contributed by atoms with Gasteiger partial charge in [0, 0.05) is 35.6 Å². The van der Waals surface area contributed by atoms with E-state index in [0.717, 1.165) is 22.1 Å². The monoisotopic (exact) mass is 596 g/mol. The van der Waals surface area contributed by atoms with Crippen LogP contribution in [0.5, 0.6) is 17.2 Å². The number of rotatable bonds is 10. The third-order valence-corrected chi connectivity index (χ3v) is 8.30. The molecule has 5 rings (SSSR count). The quantitative estimate of drug-likeness (QED) is 0.360. The molecule has 1 heterocycles. The molecule has 39 heavy (non-hydrogen) atoms. The molecule has 2 N–H and O–H groups in total. The highest BCUT2D eigenvalue weighted by Crippen LogP contribution is 2.68. The van der Waals surface area contributed by atoms with Gasteiger partial charge in [-0.05, 0) is 57.9 Å². The van der Waals surface area contributed by atoms with E-state index in [9.17, 15) is 10.2 Å². The predicted octanol–water partition coefficient (Wildman–Crippen LogP) is 4.35. The van der Waals surface area contributed by atoms with E-state index in [1.165, 1.54) is 0 Å². The van der Waals surface area contributed by atoms with Gasteiger partial charge >= 0.3 is 0 Å². The van der Waals surface area contributed by atoms with Crippen LogP contribution in [0, 0.1) is 0 Å². The molecule has 1 saturated carbocycles. The fraction of sp³-hybridized carbons (Fsp3) is 0.419. The van der Waals surface area contributed by atoms with Crippen LogP contribution in [0.2, 0.25) is 0 Å². The fourth-order valence-corrected chi connectivity index (χ4v) is 6.15. The Balaban J connectivity index is 1.67. The maximum absolute atomic E-state index is 12.8. The molecule has 0 amide bonds. The van der Waals surface area contributed by atoms with Crippen molar-refractivity contribution in [1.82, 2.24) is 9.80 Å². The van der Waals surface area contributed by atoms with Crippen LogP contribution < -0.4 is 14.2 Å². The lowest BCUT2D eigenvalue weighted by molar-refractivity contribution is -0.150. The fourth-order valence-electron chi connectivity index (χ4n) is 5.88. The van der Waals surface area contributed by atoms with Crippen molar-refractivity contribution >= 4 is 15.9 Å². The Morgan fingerprint density at radius 1 is 0.923 bits per heavy atom. The van der Waals surface area contributed by atoms with E-state index in [1.807, 2.05) is 99.8 Å². The van der Waals surface area contributed by atoms with Gasteiger partial charge in [-0.1, -0.05) is 58.4 Å². The molecule has 0 radical (unpaired) electrons. The highest BCUT2D eigenvalue weighted by Gasteiger charge is 2.73. The van der Waals surface area contributed by atoms with Crippen molar-refractivity contribution in [3.63, 3.8) is 0 Å². The zero-order valence-electron chi connectivity index (χ0n) is 22.9. The van der Waals surface area contributed by atoms with E-state index in [0.29, 0.717) is 49.0 Å². The van der Waals surface area contributed by atoms with Crippen molar-refractivity contribution < 1.29 is 24.4 Å². The molecular weight excluding hydrogens is 560 g/mol. The maximum atomic E-state index is 12.8. The predicted molar refractivity (Wildman–Crippen MR) is 155 cm³/mol. The van der Waals surface area contributed by atoms with Crippen LogP contribution in [0.3, 0.4) is 0 Å². The maximum Gasteiger partial charge on any atom is 0.176 e. The second kappa shape index (κ2) is 11.1. The summed E-state index contributed by atoms with van der Waals surface area (Å²) >= 11 is 3.54. The Labute approximate surface area is 239 Å². The zero-order chi connectivity index (χ0) is 27.8. The number of hydrogen-bond acceptors (Lipinski definition) is 7. The van der Waals surface area contributed by atoms with Gasteiger partial charge in [0.2, 0.25) is 0 Å².